The molecule has 1 aromatic carbocycles. The van der Waals surface area contributed by atoms with Gasteiger partial charge >= 0.3 is 0 Å². The van der Waals surface area contributed by atoms with Crippen LogP contribution in [0.1, 0.15) is 19.8 Å². The third-order valence-electron chi connectivity index (χ3n) is 5.25. The number of hydrogen-bond acceptors (Lipinski definition) is 6. The lowest BCUT2D eigenvalue weighted by Gasteiger charge is -2.36. The van der Waals surface area contributed by atoms with Gasteiger partial charge in [-0.05, 0) is 38.0 Å². The van der Waals surface area contributed by atoms with Crippen LogP contribution in [0.5, 0.6) is 0 Å². The number of halogens is 1. The molecule has 1 atom stereocenters. The van der Waals surface area contributed by atoms with E-state index < -0.39 is 10.0 Å². The summed E-state index contributed by atoms with van der Waals surface area (Å²) in [5, 5.41) is 3.27. The van der Waals surface area contributed by atoms with E-state index >= 15 is 0 Å². The number of fused-ring (bicyclic) bond motifs is 1. The van der Waals surface area contributed by atoms with Crippen molar-refractivity contribution in [2.24, 2.45) is 0 Å². The van der Waals surface area contributed by atoms with Crippen LogP contribution in [0.25, 0.3) is 11.0 Å². The van der Waals surface area contributed by atoms with E-state index in [4.69, 9.17) is 11.6 Å². The Labute approximate surface area is 168 Å². The molecule has 0 spiro atoms. The molecular weight excluding hydrogens is 402 g/mol. The number of rotatable bonds is 5. The normalized spacial score (nSPS) is 20.2. The minimum Gasteiger partial charge on any atom is -0.352 e. The average Bonchev–Trinajstić information content (AvgIpc) is 3.51. The molecule has 1 aliphatic heterocycles. The zero-order valence-electron chi connectivity index (χ0n) is 15.5. The van der Waals surface area contributed by atoms with Crippen molar-refractivity contribution in [3.8, 4) is 0 Å². The highest BCUT2D eigenvalue weighted by Gasteiger charge is 2.33. The largest absolute Gasteiger partial charge is 0.352 e. The van der Waals surface area contributed by atoms with Gasteiger partial charge in [-0.15, -0.1) is 0 Å². The number of carbonyl (C=O) groups is 1. The van der Waals surface area contributed by atoms with Crippen LogP contribution in [0.3, 0.4) is 0 Å². The van der Waals surface area contributed by atoms with Crippen LogP contribution in [0.15, 0.2) is 29.3 Å². The van der Waals surface area contributed by atoms with Crippen molar-refractivity contribution in [3.05, 3.63) is 29.5 Å². The van der Waals surface area contributed by atoms with Crippen LogP contribution in [-0.4, -0.2) is 71.8 Å². The summed E-state index contributed by atoms with van der Waals surface area (Å²) in [6, 6.07) is 4.72. The van der Waals surface area contributed by atoms with Gasteiger partial charge in [0, 0.05) is 32.2 Å². The van der Waals surface area contributed by atoms with Gasteiger partial charge in [-0.25, -0.2) is 13.4 Å². The Morgan fingerprint density at radius 1 is 1.21 bits per heavy atom. The second-order valence-corrected chi connectivity index (χ2v) is 9.57. The number of carbonyl (C=O) groups excluding carboxylic acids is 1. The van der Waals surface area contributed by atoms with Crippen molar-refractivity contribution in [2.75, 3.05) is 26.2 Å². The summed E-state index contributed by atoms with van der Waals surface area (Å²) in [6.45, 7) is 3.58. The predicted molar refractivity (Wildman–Crippen MR) is 106 cm³/mol. The highest BCUT2D eigenvalue weighted by atomic mass is 35.5. The van der Waals surface area contributed by atoms with E-state index in [0.717, 1.165) is 12.8 Å². The second kappa shape index (κ2) is 7.55. The predicted octanol–water partition coefficient (Wildman–Crippen LogP) is 1.26. The molecule has 8 nitrogen and oxygen atoms in total. The van der Waals surface area contributed by atoms with Crippen LogP contribution in [0.2, 0.25) is 5.15 Å². The molecule has 4 rings (SSSR count). The minimum absolute atomic E-state index is 0.0190. The van der Waals surface area contributed by atoms with E-state index in [-0.39, 0.29) is 22.0 Å². The van der Waals surface area contributed by atoms with Crippen molar-refractivity contribution >= 4 is 38.6 Å². The maximum absolute atomic E-state index is 13.0. The first kappa shape index (κ1) is 19.5. The summed E-state index contributed by atoms with van der Waals surface area (Å²) >= 11 is 5.83. The van der Waals surface area contributed by atoms with Crippen molar-refractivity contribution in [2.45, 2.75) is 36.7 Å². The highest BCUT2D eigenvalue weighted by molar-refractivity contribution is 7.89. The van der Waals surface area contributed by atoms with E-state index in [1.807, 2.05) is 11.8 Å². The van der Waals surface area contributed by atoms with Gasteiger partial charge in [0.1, 0.15) is 5.15 Å². The molecule has 28 heavy (non-hydrogen) atoms. The molecule has 10 heteroatoms. The minimum atomic E-state index is -3.64. The Morgan fingerprint density at radius 2 is 1.93 bits per heavy atom. The number of benzene rings is 1. The van der Waals surface area contributed by atoms with Crippen molar-refractivity contribution < 1.29 is 13.2 Å². The number of nitrogens with zero attached hydrogens (tertiary/aromatic N) is 4. The van der Waals surface area contributed by atoms with Gasteiger partial charge in [-0.1, -0.05) is 11.6 Å². The maximum atomic E-state index is 13.0. The standard InChI is InChI=1S/C18H22ClN5O3S/c1-12(18(25)21-13-2-3-13)23-6-8-24(9-7-23)28(26,27)14-4-5-15-16(10-14)20-11-17(19)22-15/h4-5,10-13H,2-3,6-9H2,1H3,(H,21,25)/t12-/m0/s1. The van der Waals surface area contributed by atoms with Gasteiger partial charge in [-0.3, -0.25) is 14.7 Å². The first-order valence-electron chi connectivity index (χ1n) is 9.31. The van der Waals surface area contributed by atoms with Crippen LogP contribution in [0.4, 0.5) is 0 Å². The van der Waals surface area contributed by atoms with E-state index in [9.17, 15) is 13.2 Å². The second-order valence-electron chi connectivity index (χ2n) is 7.24. The molecule has 2 aliphatic rings. The molecule has 2 fully saturated rings. The maximum Gasteiger partial charge on any atom is 0.243 e. The summed E-state index contributed by atoms with van der Waals surface area (Å²) in [7, 11) is -3.64. The smallest absolute Gasteiger partial charge is 0.243 e. The van der Waals surface area contributed by atoms with E-state index in [1.54, 1.807) is 6.07 Å². The summed E-state index contributed by atoms with van der Waals surface area (Å²) in [5.41, 5.74) is 1.03. The van der Waals surface area contributed by atoms with E-state index in [1.165, 1.54) is 22.6 Å². The quantitative estimate of drug-likeness (QED) is 0.777. The number of aromatic nitrogens is 2. The van der Waals surface area contributed by atoms with Gasteiger partial charge in [0.15, 0.2) is 0 Å². The summed E-state index contributed by atoms with van der Waals surface area (Å²) in [6.07, 6.45) is 3.49. The fourth-order valence-corrected chi connectivity index (χ4v) is 4.91. The van der Waals surface area contributed by atoms with Gasteiger partial charge in [0.25, 0.3) is 0 Å². The lowest BCUT2D eigenvalue weighted by molar-refractivity contribution is -0.126. The molecule has 1 aromatic heterocycles. The monoisotopic (exact) mass is 423 g/mol. The molecule has 0 unspecified atom stereocenters. The molecule has 2 aromatic rings. The summed E-state index contributed by atoms with van der Waals surface area (Å²) < 4.78 is 27.5. The first-order chi connectivity index (χ1) is 13.3. The van der Waals surface area contributed by atoms with E-state index in [2.05, 4.69) is 15.3 Å². The fourth-order valence-electron chi connectivity index (χ4n) is 3.32. The molecule has 0 radical (unpaired) electrons. The third kappa shape index (κ3) is 3.98. The number of amides is 1. The van der Waals surface area contributed by atoms with Gasteiger partial charge < -0.3 is 5.32 Å². The van der Waals surface area contributed by atoms with Gasteiger partial charge in [-0.2, -0.15) is 4.31 Å². The molecule has 2 heterocycles. The fraction of sp³-hybridized carbons (Fsp3) is 0.500. The molecule has 1 saturated carbocycles. The first-order valence-corrected chi connectivity index (χ1v) is 11.1. The molecule has 1 amide bonds. The average molecular weight is 424 g/mol. The Balaban J connectivity index is 1.44. The zero-order valence-corrected chi connectivity index (χ0v) is 17.1. The molecule has 1 saturated heterocycles. The Bertz CT molecular complexity index is 1000. The zero-order chi connectivity index (χ0) is 19.9. The molecule has 0 bridgehead atoms. The summed E-state index contributed by atoms with van der Waals surface area (Å²) in [4.78, 5) is 22.7. The molecule has 1 aliphatic carbocycles. The Morgan fingerprint density at radius 3 is 2.61 bits per heavy atom. The van der Waals surface area contributed by atoms with Gasteiger partial charge in [0.2, 0.25) is 15.9 Å². The topological polar surface area (TPSA) is 95.5 Å². The SMILES string of the molecule is C[C@@H](C(=O)NC1CC1)N1CCN(S(=O)(=O)c2ccc3nc(Cl)cnc3c2)CC1. The Hall–Kier alpha value is -1.81. The van der Waals surface area contributed by atoms with E-state index in [0.29, 0.717) is 43.3 Å². The number of piperazine rings is 1. The third-order valence-corrected chi connectivity index (χ3v) is 7.32. The van der Waals surface area contributed by atoms with Gasteiger partial charge in [0.05, 0.1) is 28.2 Å². The van der Waals surface area contributed by atoms with Crippen LogP contribution in [0, 0.1) is 0 Å². The van der Waals surface area contributed by atoms with Crippen molar-refractivity contribution in [3.63, 3.8) is 0 Å². The number of nitrogens with one attached hydrogen (secondary N) is 1. The molecular formula is C18H22ClN5O3S. The summed E-state index contributed by atoms with van der Waals surface area (Å²) in [5.74, 6) is 0.0190. The molecule has 150 valence electrons. The van der Waals surface area contributed by atoms with Crippen LogP contribution < -0.4 is 5.32 Å². The van der Waals surface area contributed by atoms with Crippen molar-refractivity contribution in [1.29, 1.82) is 0 Å². The Kier molecular flexibility index (Phi) is 5.26. The number of sulfonamides is 1. The highest BCUT2D eigenvalue weighted by Crippen LogP contribution is 2.23. The van der Waals surface area contributed by atoms with Crippen LogP contribution in [-0.2, 0) is 14.8 Å². The van der Waals surface area contributed by atoms with Crippen LogP contribution >= 0.6 is 11.6 Å². The van der Waals surface area contributed by atoms with Crippen molar-refractivity contribution in [1.82, 2.24) is 24.5 Å². The number of hydrogen-bond donors (Lipinski definition) is 1. The molecule has 1 N–H and O–H groups in total. The lowest BCUT2D eigenvalue weighted by Crippen LogP contribution is -2.55. The lowest BCUT2D eigenvalue weighted by atomic mass is 10.2.